The van der Waals surface area contributed by atoms with Crippen LogP contribution < -0.4 is 5.56 Å². The minimum Gasteiger partial charge on any atom is -0.493 e. The van der Waals surface area contributed by atoms with Crippen molar-refractivity contribution in [1.29, 1.82) is 0 Å². The molecule has 0 spiro atoms. The molecule has 1 fully saturated rings. The summed E-state index contributed by atoms with van der Waals surface area (Å²) in [6, 6.07) is 0. The van der Waals surface area contributed by atoms with E-state index in [0.717, 1.165) is 12.8 Å². The summed E-state index contributed by atoms with van der Waals surface area (Å²) >= 11 is 0. The lowest BCUT2D eigenvalue weighted by atomic mass is 9.82. The number of nitrogens with one attached hydrogen (secondary N) is 1. The number of H-pyrrole nitrogens is 1. The largest absolute Gasteiger partial charge is 0.493 e. The zero-order valence-corrected chi connectivity index (χ0v) is 11.4. The number of hydrogen-bond acceptors (Lipinski definition) is 3. The summed E-state index contributed by atoms with van der Waals surface area (Å²) in [5, 5.41) is 9.91. The maximum Gasteiger partial charge on any atom is 0.258 e. The van der Waals surface area contributed by atoms with E-state index in [1.807, 2.05) is 13.8 Å². The van der Waals surface area contributed by atoms with Gasteiger partial charge in [-0.3, -0.25) is 4.79 Å². The van der Waals surface area contributed by atoms with Crippen molar-refractivity contribution in [3.8, 4) is 5.88 Å². The first kappa shape index (κ1) is 13.1. The summed E-state index contributed by atoms with van der Waals surface area (Å²) < 4.78 is 0. The van der Waals surface area contributed by atoms with Gasteiger partial charge in [-0.2, -0.15) is 4.98 Å². The molecule has 18 heavy (non-hydrogen) atoms. The van der Waals surface area contributed by atoms with Crippen LogP contribution in [0.5, 0.6) is 5.88 Å². The number of nitrogens with zero attached hydrogens (tertiary/aromatic N) is 1. The molecule has 2 rings (SSSR count). The van der Waals surface area contributed by atoms with Crippen LogP contribution in [0, 0.1) is 5.92 Å². The van der Waals surface area contributed by atoms with Crippen LogP contribution in [0.3, 0.4) is 0 Å². The van der Waals surface area contributed by atoms with Crippen molar-refractivity contribution in [1.82, 2.24) is 9.97 Å². The lowest BCUT2D eigenvalue weighted by Gasteiger charge is -2.26. The maximum absolute atomic E-state index is 12.0. The van der Waals surface area contributed by atoms with Gasteiger partial charge in [-0.05, 0) is 24.7 Å². The summed E-state index contributed by atoms with van der Waals surface area (Å²) in [7, 11) is 0. The van der Waals surface area contributed by atoms with Crippen LogP contribution in [-0.4, -0.2) is 15.1 Å². The fourth-order valence-electron chi connectivity index (χ4n) is 2.88. The highest BCUT2D eigenvalue weighted by atomic mass is 16.3. The summed E-state index contributed by atoms with van der Waals surface area (Å²) in [6.45, 7) is 6.00. The van der Waals surface area contributed by atoms with Gasteiger partial charge in [0.2, 0.25) is 5.88 Å². The van der Waals surface area contributed by atoms with Crippen LogP contribution in [0.4, 0.5) is 0 Å². The summed E-state index contributed by atoms with van der Waals surface area (Å²) in [5.41, 5.74) is 0.202. The first-order chi connectivity index (χ1) is 8.49. The van der Waals surface area contributed by atoms with Gasteiger partial charge in [-0.25, -0.2) is 0 Å². The molecule has 1 aliphatic carbocycles. The monoisotopic (exact) mass is 250 g/mol. The average Bonchev–Trinajstić information content (AvgIpc) is 2.27. The molecule has 2 unspecified atom stereocenters. The van der Waals surface area contributed by atoms with Gasteiger partial charge >= 0.3 is 0 Å². The number of aromatic amines is 1. The van der Waals surface area contributed by atoms with E-state index in [1.165, 1.54) is 12.8 Å². The molecule has 100 valence electrons. The second-order valence-corrected chi connectivity index (χ2v) is 5.81. The fraction of sp³-hybridized carbons (Fsp3) is 0.714. The van der Waals surface area contributed by atoms with Gasteiger partial charge in [0.05, 0.1) is 5.56 Å². The smallest absolute Gasteiger partial charge is 0.258 e. The van der Waals surface area contributed by atoms with E-state index < -0.39 is 0 Å². The fourth-order valence-corrected chi connectivity index (χ4v) is 2.88. The molecule has 1 heterocycles. The number of aromatic hydroxyl groups is 1. The Labute approximate surface area is 107 Å². The SMILES string of the molecule is CC1CCCC(c2nc(O)c(C(C)C)c(=O)[nH]2)C1. The van der Waals surface area contributed by atoms with Gasteiger partial charge in [0.25, 0.3) is 5.56 Å². The van der Waals surface area contributed by atoms with Crippen LogP contribution in [0.15, 0.2) is 4.79 Å². The highest BCUT2D eigenvalue weighted by Gasteiger charge is 2.24. The Bertz CT molecular complexity index is 479. The number of hydrogen-bond donors (Lipinski definition) is 2. The van der Waals surface area contributed by atoms with Gasteiger partial charge in [0.1, 0.15) is 5.82 Å². The van der Waals surface area contributed by atoms with E-state index >= 15 is 0 Å². The van der Waals surface area contributed by atoms with Crippen molar-refractivity contribution in [2.75, 3.05) is 0 Å². The first-order valence-corrected chi connectivity index (χ1v) is 6.82. The quantitative estimate of drug-likeness (QED) is 0.848. The van der Waals surface area contributed by atoms with Gasteiger partial charge < -0.3 is 10.1 Å². The van der Waals surface area contributed by atoms with Crippen LogP contribution in [0.25, 0.3) is 0 Å². The molecule has 4 heteroatoms. The molecule has 0 aromatic carbocycles. The van der Waals surface area contributed by atoms with Crippen LogP contribution >= 0.6 is 0 Å². The second-order valence-electron chi connectivity index (χ2n) is 5.81. The molecule has 0 amide bonds. The predicted molar refractivity (Wildman–Crippen MR) is 71.0 cm³/mol. The van der Waals surface area contributed by atoms with E-state index in [2.05, 4.69) is 16.9 Å². The first-order valence-electron chi connectivity index (χ1n) is 6.82. The van der Waals surface area contributed by atoms with Crippen LogP contribution in [0.2, 0.25) is 0 Å². The molecule has 0 saturated heterocycles. The average molecular weight is 250 g/mol. The van der Waals surface area contributed by atoms with Crippen molar-refractivity contribution in [2.45, 2.75) is 58.3 Å². The second kappa shape index (κ2) is 5.12. The van der Waals surface area contributed by atoms with E-state index in [9.17, 15) is 9.90 Å². The lowest BCUT2D eigenvalue weighted by Crippen LogP contribution is -2.22. The third-order valence-electron chi connectivity index (χ3n) is 3.85. The van der Waals surface area contributed by atoms with Crippen molar-refractivity contribution < 1.29 is 5.11 Å². The molecule has 0 aliphatic heterocycles. The van der Waals surface area contributed by atoms with Crippen molar-refractivity contribution in [3.05, 3.63) is 21.7 Å². The summed E-state index contributed by atoms with van der Waals surface area (Å²) in [4.78, 5) is 19.0. The Kier molecular flexibility index (Phi) is 3.73. The third kappa shape index (κ3) is 2.57. The molecule has 0 radical (unpaired) electrons. The molecular formula is C14H22N2O2. The summed E-state index contributed by atoms with van der Waals surface area (Å²) in [6.07, 6.45) is 4.51. The van der Waals surface area contributed by atoms with Crippen molar-refractivity contribution in [3.63, 3.8) is 0 Å². The third-order valence-corrected chi connectivity index (χ3v) is 3.85. The van der Waals surface area contributed by atoms with E-state index in [0.29, 0.717) is 17.3 Å². The number of aromatic nitrogens is 2. The van der Waals surface area contributed by atoms with Crippen LogP contribution in [-0.2, 0) is 0 Å². The normalized spacial score (nSPS) is 24.4. The minimum atomic E-state index is -0.189. The van der Waals surface area contributed by atoms with E-state index in [1.54, 1.807) is 0 Å². The Morgan fingerprint density at radius 2 is 2.11 bits per heavy atom. The van der Waals surface area contributed by atoms with Gasteiger partial charge in [-0.15, -0.1) is 0 Å². The highest BCUT2D eigenvalue weighted by molar-refractivity contribution is 5.26. The van der Waals surface area contributed by atoms with Crippen molar-refractivity contribution >= 4 is 0 Å². The molecule has 1 aromatic heterocycles. The molecule has 1 saturated carbocycles. The Morgan fingerprint density at radius 1 is 1.39 bits per heavy atom. The van der Waals surface area contributed by atoms with Crippen molar-refractivity contribution in [2.24, 2.45) is 5.92 Å². The van der Waals surface area contributed by atoms with E-state index in [4.69, 9.17) is 0 Å². The maximum atomic E-state index is 12.0. The molecule has 1 aromatic rings. The van der Waals surface area contributed by atoms with Gasteiger partial charge in [-0.1, -0.05) is 33.6 Å². The Balaban J connectivity index is 2.33. The topological polar surface area (TPSA) is 66.0 Å². The standard InChI is InChI=1S/C14H22N2O2/c1-8(2)11-13(17)15-12(16-14(11)18)10-6-4-5-9(3)7-10/h8-10H,4-7H2,1-3H3,(H2,15,16,17,18). The molecule has 2 N–H and O–H groups in total. The zero-order valence-electron chi connectivity index (χ0n) is 11.4. The Hall–Kier alpha value is -1.32. The zero-order chi connectivity index (χ0) is 13.3. The summed E-state index contributed by atoms with van der Waals surface area (Å²) in [5.74, 6) is 1.51. The minimum absolute atomic E-state index is 0.0134. The molecule has 1 aliphatic rings. The molecular weight excluding hydrogens is 228 g/mol. The van der Waals surface area contributed by atoms with Crippen LogP contribution in [0.1, 0.15) is 69.7 Å². The highest BCUT2D eigenvalue weighted by Crippen LogP contribution is 2.34. The van der Waals surface area contributed by atoms with Gasteiger partial charge in [0, 0.05) is 5.92 Å². The predicted octanol–water partition coefficient (Wildman–Crippen LogP) is 2.89. The molecule has 2 atom stereocenters. The lowest BCUT2D eigenvalue weighted by molar-refractivity contribution is 0.330. The van der Waals surface area contributed by atoms with Gasteiger partial charge in [0.15, 0.2) is 0 Å². The molecule has 0 bridgehead atoms. The Morgan fingerprint density at radius 3 is 2.67 bits per heavy atom. The number of rotatable bonds is 2. The molecule has 4 nitrogen and oxygen atoms in total. The van der Waals surface area contributed by atoms with E-state index in [-0.39, 0.29) is 23.3 Å².